The van der Waals surface area contributed by atoms with Gasteiger partial charge in [0.05, 0.1) is 0 Å². The number of hydrogen-bond donors (Lipinski definition) is 0. The molecule has 0 unspecified atom stereocenters. The van der Waals surface area contributed by atoms with Gasteiger partial charge in [0.1, 0.15) is 0 Å². The van der Waals surface area contributed by atoms with Crippen molar-refractivity contribution in [3.05, 3.63) is 0 Å². The molecule has 4 heteroatoms. The Balaban J connectivity index is -0.0000000150. The average molecular weight is 178 g/mol. The van der Waals surface area contributed by atoms with Gasteiger partial charge in [-0.05, 0) is 0 Å². The van der Waals surface area contributed by atoms with Crippen molar-refractivity contribution in [2.24, 2.45) is 0 Å². The smallest absolute Gasteiger partial charge is 1.00 e. The summed E-state index contributed by atoms with van der Waals surface area (Å²) in [6.45, 7) is 1.94. The fourth-order valence-electron chi connectivity index (χ4n) is 0. The molecule has 1 nitrogen and oxygen atoms in total. The van der Waals surface area contributed by atoms with Crippen molar-refractivity contribution in [3.8, 4) is 0 Å². The van der Waals surface area contributed by atoms with Gasteiger partial charge >= 0.3 is 21.7 Å². The molecule has 0 aliphatic rings. The van der Waals surface area contributed by atoms with E-state index in [0.717, 1.165) is 6.42 Å². The molecular formula is C3H7Cl2OTi. The molecule has 0 bridgehead atoms. The zero-order chi connectivity index (χ0) is 3.41. The molecule has 0 saturated heterocycles. The van der Waals surface area contributed by atoms with E-state index in [4.69, 9.17) is 0 Å². The van der Waals surface area contributed by atoms with E-state index >= 15 is 0 Å². The van der Waals surface area contributed by atoms with E-state index in [1.807, 2.05) is 6.92 Å². The first-order valence-electron chi connectivity index (χ1n) is 1.50. The van der Waals surface area contributed by atoms with Crippen LogP contribution in [0.25, 0.3) is 0 Å². The van der Waals surface area contributed by atoms with Crippen molar-refractivity contribution in [1.29, 1.82) is 0 Å². The van der Waals surface area contributed by atoms with Crippen LogP contribution >= 0.6 is 0 Å². The Bertz CT molecular complexity index is 14.9. The summed E-state index contributed by atoms with van der Waals surface area (Å²) >= 11 is 0. The molecule has 0 spiro atoms. The summed E-state index contributed by atoms with van der Waals surface area (Å²) in [5.41, 5.74) is 0. The van der Waals surface area contributed by atoms with Gasteiger partial charge in [0.2, 0.25) is 0 Å². The van der Waals surface area contributed by atoms with Gasteiger partial charge in [-0.3, -0.25) is 0 Å². The first kappa shape index (κ1) is 24.0. The van der Waals surface area contributed by atoms with Crippen LogP contribution in [-0.4, -0.2) is 6.61 Å². The van der Waals surface area contributed by atoms with E-state index in [1.165, 1.54) is 0 Å². The summed E-state index contributed by atoms with van der Waals surface area (Å²) in [7, 11) is 0. The van der Waals surface area contributed by atoms with Crippen LogP contribution < -0.4 is 29.9 Å². The van der Waals surface area contributed by atoms with Crippen molar-refractivity contribution < 1.29 is 51.6 Å². The predicted molar refractivity (Wildman–Crippen MR) is 15.2 cm³/mol. The van der Waals surface area contributed by atoms with Gasteiger partial charge in [0.25, 0.3) is 0 Å². The van der Waals surface area contributed by atoms with Crippen LogP contribution in [-0.2, 0) is 21.7 Å². The first-order chi connectivity index (χ1) is 1.91. The molecule has 7 heavy (non-hydrogen) atoms. The van der Waals surface area contributed by atoms with Crippen LogP contribution in [0.3, 0.4) is 0 Å². The summed E-state index contributed by atoms with van der Waals surface area (Å²) in [5.74, 6) is 0. The number of halogens is 2. The topological polar surface area (TPSA) is 23.1 Å². The summed E-state index contributed by atoms with van der Waals surface area (Å²) in [5, 5.41) is 9.30. The maximum Gasteiger partial charge on any atom is 3.00 e. The minimum Gasteiger partial charge on any atom is -1.00 e. The van der Waals surface area contributed by atoms with Gasteiger partial charge in [-0.15, -0.1) is 6.61 Å². The van der Waals surface area contributed by atoms with E-state index in [1.54, 1.807) is 0 Å². The molecule has 0 aliphatic carbocycles. The number of rotatable bonds is 1. The minimum atomic E-state index is 0. The van der Waals surface area contributed by atoms with Crippen molar-refractivity contribution in [2.75, 3.05) is 6.61 Å². The quantitative estimate of drug-likeness (QED) is 0.366. The average Bonchev–Trinajstić information content (AvgIpc) is 1.37. The Morgan fingerprint density at radius 2 is 1.43 bits per heavy atom. The normalized spacial score (nSPS) is 4.29. The molecule has 0 N–H and O–H groups in total. The second-order valence-corrected chi connectivity index (χ2v) is 0.704. The fraction of sp³-hybridized carbons (Fsp3) is 1.00. The molecule has 0 rings (SSSR count). The Hall–Kier alpha value is 1.25. The fourth-order valence-corrected chi connectivity index (χ4v) is 0. The molecule has 0 aromatic heterocycles. The van der Waals surface area contributed by atoms with Gasteiger partial charge in [-0.25, -0.2) is 0 Å². The number of hydrogen-bond acceptors (Lipinski definition) is 1. The van der Waals surface area contributed by atoms with Gasteiger partial charge < -0.3 is 29.9 Å². The SMILES string of the molecule is CCC[O-].[Cl-].[Cl-].[Ti+3]. The maximum atomic E-state index is 9.30. The minimum absolute atomic E-state index is 0. The van der Waals surface area contributed by atoms with Crippen LogP contribution in [0.2, 0.25) is 0 Å². The molecule has 0 fully saturated rings. The Kier molecular flexibility index (Phi) is 91.9. The Morgan fingerprint density at radius 3 is 1.43 bits per heavy atom. The van der Waals surface area contributed by atoms with Gasteiger partial charge in [-0.2, -0.15) is 0 Å². The second kappa shape index (κ2) is 26.8. The third-order valence-corrected chi connectivity index (χ3v) is 0.204. The van der Waals surface area contributed by atoms with E-state index in [9.17, 15) is 5.11 Å². The van der Waals surface area contributed by atoms with E-state index in [2.05, 4.69) is 0 Å². The molecule has 0 amide bonds. The van der Waals surface area contributed by atoms with Crippen LogP contribution in [0.15, 0.2) is 0 Å². The maximum absolute atomic E-state index is 9.30. The van der Waals surface area contributed by atoms with Crippen molar-refractivity contribution in [2.45, 2.75) is 13.3 Å². The van der Waals surface area contributed by atoms with Gasteiger partial charge in [0, 0.05) is 0 Å². The van der Waals surface area contributed by atoms with Crippen molar-refractivity contribution in [3.63, 3.8) is 0 Å². The predicted octanol–water partition coefficient (Wildman–Crippen LogP) is -6.24. The summed E-state index contributed by atoms with van der Waals surface area (Å²) < 4.78 is 0. The van der Waals surface area contributed by atoms with E-state index in [-0.39, 0.29) is 53.1 Å². The first-order valence-corrected chi connectivity index (χ1v) is 1.50. The van der Waals surface area contributed by atoms with Gasteiger partial charge in [0.15, 0.2) is 0 Å². The molecule has 0 saturated carbocycles. The molecule has 1 radical (unpaired) electrons. The summed E-state index contributed by atoms with van der Waals surface area (Å²) in [6.07, 6.45) is 0.764. The molecule has 43 valence electrons. The van der Waals surface area contributed by atoms with Crippen LogP contribution in [0.4, 0.5) is 0 Å². The summed E-state index contributed by atoms with van der Waals surface area (Å²) in [6, 6.07) is 0. The molecule has 0 aromatic carbocycles. The van der Waals surface area contributed by atoms with E-state index in [0.29, 0.717) is 0 Å². The monoisotopic (exact) mass is 177 g/mol. The molecular weight excluding hydrogens is 171 g/mol. The zero-order valence-corrected chi connectivity index (χ0v) is 7.15. The standard InChI is InChI=1S/C3H7O.2ClH.Ti/c1-2-3-4;;;/h2-3H2,1H3;2*1H;/q-1;;;+3/p-2. The van der Waals surface area contributed by atoms with Crippen molar-refractivity contribution in [1.82, 2.24) is 0 Å². The zero-order valence-electron chi connectivity index (χ0n) is 4.08. The Labute approximate surface area is 71.6 Å². The van der Waals surface area contributed by atoms with E-state index < -0.39 is 0 Å². The largest absolute Gasteiger partial charge is 3.00 e. The van der Waals surface area contributed by atoms with Crippen LogP contribution in [0.5, 0.6) is 0 Å². The molecule has 0 heterocycles. The Morgan fingerprint density at radius 1 is 1.29 bits per heavy atom. The van der Waals surface area contributed by atoms with Crippen LogP contribution in [0, 0.1) is 0 Å². The third-order valence-electron chi connectivity index (χ3n) is 0.204. The van der Waals surface area contributed by atoms with Crippen molar-refractivity contribution >= 4 is 0 Å². The second-order valence-electron chi connectivity index (χ2n) is 0.704. The third kappa shape index (κ3) is 39.4. The van der Waals surface area contributed by atoms with Crippen LogP contribution in [0.1, 0.15) is 13.3 Å². The molecule has 0 atom stereocenters. The molecule has 0 aliphatic heterocycles. The molecule has 0 aromatic rings. The summed E-state index contributed by atoms with van der Waals surface area (Å²) in [4.78, 5) is 0. The van der Waals surface area contributed by atoms with Gasteiger partial charge in [-0.1, -0.05) is 13.3 Å².